The monoisotopic (exact) mass is 450 g/mol. The second-order valence-electron chi connectivity index (χ2n) is 4.81. The number of methoxy groups -OCH3 is 1. The fourth-order valence-electron chi connectivity index (χ4n) is 2.22. The lowest BCUT2D eigenvalue weighted by molar-refractivity contribution is -0.140. The number of ether oxygens (including phenoxy) is 1. The molecule has 0 aliphatic heterocycles. The minimum absolute atomic E-state index is 0.249. The molecule has 8 heteroatoms. The lowest BCUT2D eigenvalue weighted by Gasteiger charge is -2.10. The van der Waals surface area contributed by atoms with E-state index in [2.05, 4.69) is 32.6 Å². The Labute approximate surface area is 147 Å². The van der Waals surface area contributed by atoms with Crippen LogP contribution in [0.15, 0.2) is 23.6 Å². The molecule has 0 bridgehead atoms. The maximum absolute atomic E-state index is 12.7. The molecule has 2 heterocycles. The number of thiazole rings is 1. The highest BCUT2D eigenvalue weighted by Gasteiger charge is 2.34. The Morgan fingerprint density at radius 3 is 2.57 bits per heavy atom. The number of fused-ring (bicyclic) bond motifs is 1. The van der Waals surface area contributed by atoms with E-state index in [9.17, 15) is 13.2 Å². The van der Waals surface area contributed by atoms with Crippen LogP contribution in [-0.2, 0) is 6.18 Å². The molecule has 120 valence electrons. The van der Waals surface area contributed by atoms with E-state index in [1.54, 1.807) is 13.2 Å². The molecule has 0 saturated heterocycles. The van der Waals surface area contributed by atoms with Gasteiger partial charge in [0, 0.05) is 19.9 Å². The number of hydrogen-bond acceptors (Lipinski definition) is 4. The Morgan fingerprint density at radius 2 is 1.96 bits per heavy atom. The van der Waals surface area contributed by atoms with Crippen LogP contribution >= 0.6 is 33.9 Å². The summed E-state index contributed by atoms with van der Waals surface area (Å²) in [6.45, 7) is 1.87. The van der Waals surface area contributed by atoms with Crippen molar-refractivity contribution in [1.29, 1.82) is 0 Å². The van der Waals surface area contributed by atoms with E-state index in [-0.39, 0.29) is 5.01 Å². The van der Waals surface area contributed by atoms with Gasteiger partial charge in [-0.2, -0.15) is 13.2 Å². The van der Waals surface area contributed by atoms with Gasteiger partial charge in [0.1, 0.15) is 16.5 Å². The van der Waals surface area contributed by atoms with Gasteiger partial charge < -0.3 is 4.74 Å². The second kappa shape index (κ2) is 5.90. The number of alkyl halides is 3. The molecule has 0 amide bonds. The van der Waals surface area contributed by atoms with Crippen molar-refractivity contribution in [1.82, 2.24) is 9.97 Å². The third-order valence-corrected chi connectivity index (χ3v) is 5.13. The minimum Gasteiger partial charge on any atom is -0.496 e. The summed E-state index contributed by atoms with van der Waals surface area (Å²) in [5.74, 6) is 0.688. The van der Waals surface area contributed by atoms with Crippen LogP contribution in [-0.4, -0.2) is 17.1 Å². The van der Waals surface area contributed by atoms with E-state index >= 15 is 0 Å². The highest BCUT2D eigenvalue weighted by atomic mass is 127. The number of rotatable bonds is 2. The van der Waals surface area contributed by atoms with Gasteiger partial charge in [-0.25, -0.2) is 9.97 Å². The van der Waals surface area contributed by atoms with Crippen molar-refractivity contribution in [3.05, 3.63) is 38.4 Å². The molecule has 0 atom stereocenters. The summed E-state index contributed by atoms with van der Waals surface area (Å²) in [5.41, 5.74) is 1.09. The van der Waals surface area contributed by atoms with Gasteiger partial charge >= 0.3 is 6.18 Å². The maximum Gasteiger partial charge on any atom is 0.434 e. The Bertz CT molecular complexity index is 892. The van der Waals surface area contributed by atoms with Gasteiger partial charge in [-0.3, -0.25) is 0 Å². The molecule has 2 aromatic heterocycles. The smallest absolute Gasteiger partial charge is 0.434 e. The summed E-state index contributed by atoms with van der Waals surface area (Å²) in [6.07, 6.45) is -4.45. The van der Waals surface area contributed by atoms with Crippen LogP contribution in [0.2, 0.25) is 0 Å². The van der Waals surface area contributed by atoms with Crippen LogP contribution in [0.5, 0.6) is 5.75 Å². The van der Waals surface area contributed by atoms with Gasteiger partial charge in [0.25, 0.3) is 0 Å². The third-order valence-electron chi connectivity index (χ3n) is 3.37. The maximum atomic E-state index is 12.7. The van der Waals surface area contributed by atoms with Gasteiger partial charge in [-0.15, -0.1) is 11.3 Å². The summed E-state index contributed by atoms with van der Waals surface area (Å²) in [5, 5.41) is 2.19. The van der Waals surface area contributed by atoms with Gasteiger partial charge in [-0.1, -0.05) is 0 Å². The lowest BCUT2D eigenvalue weighted by atomic mass is 10.1. The molecule has 0 spiro atoms. The van der Waals surface area contributed by atoms with Crippen LogP contribution in [0.4, 0.5) is 13.2 Å². The Morgan fingerprint density at radius 1 is 1.22 bits per heavy atom. The summed E-state index contributed by atoms with van der Waals surface area (Å²) < 4.78 is 44.3. The van der Waals surface area contributed by atoms with Gasteiger partial charge in [0.05, 0.1) is 12.6 Å². The standard InChI is InChI=1S/C15H10F3IN2OS/c1-7-11(22-2)4-3-8-9(19)5-10(20-13(7)8)14-21-12(6-23-14)15(16,17)18/h3-6H,1-2H3. The predicted molar refractivity (Wildman–Crippen MR) is 91.9 cm³/mol. The molecule has 0 unspecified atom stereocenters. The molecule has 3 aromatic rings. The average molecular weight is 450 g/mol. The van der Waals surface area contributed by atoms with Crippen LogP contribution < -0.4 is 4.74 Å². The molecule has 1 aromatic carbocycles. The number of halogens is 4. The van der Waals surface area contributed by atoms with E-state index in [0.717, 1.165) is 31.2 Å². The van der Waals surface area contributed by atoms with Crippen molar-refractivity contribution in [2.45, 2.75) is 13.1 Å². The summed E-state index contributed by atoms with van der Waals surface area (Å²) >= 11 is 3.08. The first-order valence-corrected chi connectivity index (χ1v) is 8.44. The predicted octanol–water partition coefficient (Wildman–Crippen LogP) is 5.30. The van der Waals surface area contributed by atoms with Crippen molar-refractivity contribution in [2.24, 2.45) is 0 Å². The van der Waals surface area contributed by atoms with Crippen LogP contribution in [0.25, 0.3) is 21.6 Å². The average Bonchev–Trinajstić information content (AvgIpc) is 2.98. The molecule has 0 aliphatic carbocycles. The Hall–Kier alpha value is -1.42. The number of pyridine rings is 1. The molecule has 0 aliphatic rings. The fraction of sp³-hybridized carbons (Fsp3) is 0.200. The SMILES string of the molecule is COc1ccc2c(I)cc(-c3nc(C(F)(F)F)cs3)nc2c1C. The summed E-state index contributed by atoms with van der Waals surface area (Å²) in [7, 11) is 1.57. The molecule has 0 saturated carbocycles. The molecule has 0 N–H and O–H groups in total. The van der Waals surface area contributed by atoms with Gasteiger partial charge in [0.15, 0.2) is 5.69 Å². The molecule has 0 radical (unpaired) electrons. The third kappa shape index (κ3) is 3.01. The highest BCUT2D eigenvalue weighted by molar-refractivity contribution is 14.1. The zero-order valence-electron chi connectivity index (χ0n) is 12.0. The minimum atomic E-state index is -4.45. The molecular weight excluding hydrogens is 440 g/mol. The van der Waals surface area contributed by atoms with Gasteiger partial charge in [0.2, 0.25) is 0 Å². The molecular formula is C15H10F3IN2OS. The first kappa shape index (κ1) is 16.4. The number of hydrogen-bond donors (Lipinski definition) is 0. The number of aryl methyl sites for hydroxylation is 1. The van der Waals surface area contributed by atoms with E-state index in [1.807, 2.05) is 19.1 Å². The van der Waals surface area contributed by atoms with Crippen LogP contribution in [0.1, 0.15) is 11.3 Å². The topological polar surface area (TPSA) is 35.0 Å². The number of aromatic nitrogens is 2. The zero-order chi connectivity index (χ0) is 16.8. The first-order chi connectivity index (χ1) is 10.8. The summed E-state index contributed by atoms with van der Waals surface area (Å²) in [6, 6.07) is 5.49. The highest BCUT2D eigenvalue weighted by Crippen LogP contribution is 2.35. The van der Waals surface area contributed by atoms with Crippen molar-refractivity contribution in [3.63, 3.8) is 0 Å². The van der Waals surface area contributed by atoms with Crippen molar-refractivity contribution >= 4 is 44.8 Å². The van der Waals surface area contributed by atoms with Crippen molar-refractivity contribution < 1.29 is 17.9 Å². The van der Waals surface area contributed by atoms with Crippen molar-refractivity contribution in [2.75, 3.05) is 7.11 Å². The largest absolute Gasteiger partial charge is 0.496 e. The Kier molecular flexibility index (Phi) is 4.21. The molecule has 3 rings (SSSR count). The van der Waals surface area contributed by atoms with E-state index < -0.39 is 11.9 Å². The number of nitrogens with zero attached hydrogens (tertiary/aromatic N) is 2. The normalized spacial score (nSPS) is 11.9. The van der Waals surface area contributed by atoms with E-state index in [4.69, 9.17) is 4.74 Å². The molecule has 0 fully saturated rings. The van der Waals surface area contributed by atoms with Crippen molar-refractivity contribution in [3.8, 4) is 16.5 Å². The molecule has 23 heavy (non-hydrogen) atoms. The summed E-state index contributed by atoms with van der Waals surface area (Å²) in [4.78, 5) is 8.17. The molecule has 3 nitrogen and oxygen atoms in total. The van der Waals surface area contributed by atoms with E-state index in [0.29, 0.717) is 17.0 Å². The van der Waals surface area contributed by atoms with Gasteiger partial charge in [-0.05, 0) is 47.7 Å². The fourth-order valence-corrected chi connectivity index (χ4v) is 3.74. The van der Waals surface area contributed by atoms with E-state index in [1.165, 1.54) is 0 Å². The van der Waals surface area contributed by atoms with Crippen LogP contribution in [0.3, 0.4) is 0 Å². The quantitative estimate of drug-likeness (QED) is 0.498. The first-order valence-electron chi connectivity index (χ1n) is 6.48. The van der Waals surface area contributed by atoms with Crippen LogP contribution in [0, 0.1) is 10.5 Å². The number of benzene rings is 1. The Balaban J connectivity index is 2.19. The zero-order valence-corrected chi connectivity index (χ0v) is 15.0. The lowest BCUT2D eigenvalue weighted by Crippen LogP contribution is -2.05. The second-order valence-corrected chi connectivity index (χ2v) is 6.83.